The van der Waals surface area contributed by atoms with Gasteiger partial charge in [-0.1, -0.05) is 35.9 Å². The number of benzene rings is 3. The van der Waals surface area contributed by atoms with E-state index in [9.17, 15) is 19.2 Å². The van der Waals surface area contributed by atoms with Gasteiger partial charge in [-0.3, -0.25) is 19.2 Å². The molecular formula is C26H21N3O4. The van der Waals surface area contributed by atoms with Crippen LogP contribution in [0.1, 0.15) is 32.7 Å². The van der Waals surface area contributed by atoms with Crippen LogP contribution in [0.4, 0.5) is 17.1 Å². The molecule has 0 aliphatic carbocycles. The maximum atomic E-state index is 12.9. The fraction of sp³-hybridized carbons (Fsp3) is 0.154. The first-order chi connectivity index (χ1) is 15.9. The Hall–Kier alpha value is -4.26. The third kappa shape index (κ3) is 3.67. The molecule has 3 aromatic rings. The number of amides is 4. The van der Waals surface area contributed by atoms with Crippen molar-refractivity contribution in [1.82, 2.24) is 0 Å². The molecule has 1 unspecified atom stereocenters. The molecule has 4 amide bonds. The topological polar surface area (TPSA) is 86.8 Å². The van der Waals surface area contributed by atoms with Crippen molar-refractivity contribution in [2.75, 3.05) is 21.7 Å². The average Bonchev–Trinajstić information content (AvgIpc) is 3.32. The lowest BCUT2D eigenvalue weighted by Crippen LogP contribution is -2.30. The zero-order valence-corrected chi connectivity index (χ0v) is 17.9. The number of aryl methyl sites for hydroxylation is 1. The minimum Gasteiger partial charge on any atom is -0.326 e. The molecule has 3 aromatic carbocycles. The second-order valence-electron chi connectivity index (χ2n) is 8.27. The first kappa shape index (κ1) is 20.6. The van der Waals surface area contributed by atoms with Crippen molar-refractivity contribution >= 4 is 40.7 Å². The van der Waals surface area contributed by atoms with Crippen LogP contribution in [-0.2, 0) is 9.59 Å². The lowest BCUT2D eigenvalue weighted by atomic mass is 10.1. The third-order valence-electron chi connectivity index (χ3n) is 6.01. The van der Waals surface area contributed by atoms with Crippen LogP contribution >= 0.6 is 0 Å². The van der Waals surface area contributed by atoms with Crippen molar-refractivity contribution in [3.05, 3.63) is 89.5 Å². The molecule has 164 valence electrons. The average molecular weight is 439 g/mol. The first-order valence-corrected chi connectivity index (χ1v) is 10.7. The van der Waals surface area contributed by atoms with E-state index in [-0.39, 0.29) is 18.2 Å². The molecule has 0 radical (unpaired) electrons. The summed E-state index contributed by atoms with van der Waals surface area (Å²) in [6, 6.07) is 20.9. The van der Waals surface area contributed by atoms with Gasteiger partial charge in [0.2, 0.25) is 11.8 Å². The summed E-state index contributed by atoms with van der Waals surface area (Å²) in [7, 11) is 0. The normalized spacial score (nSPS) is 17.5. The molecule has 33 heavy (non-hydrogen) atoms. The number of carbonyl (C=O) groups is 4. The molecule has 5 rings (SSSR count). The second kappa shape index (κ2) is 8.02. The molecule has 1 atom stereocenters. The maximum Gasteiger partial charge on any atom is 0.266 e. The van der Waals surface area contributed by atoms with E-state index in [4.69, 9.17) is 0 Å². The summed E-state index contributed by atoms with van der Waals surface area (Å²) in [5.74, 6) is -1.67. The van der Waals surface area contributed by atoms with Crippen LogP contribution in [0, 0.1) is 12.8 Å². The molecular weight excluding hydrogens is 418 g/mol. The monoisotopic (exact) mass is 439 g/mol. The fourth-order valence-electron chi connectivity index (χ4n) is 4.25. The van der Waals surface area contributed by atoms with Gasteiger partial charge in [0.05, 0.1) is 22.7 Å². The van der Waals surface area contributed by atoms with E-state index in [0.717, 1.165) is 16.2 Å². The molecule has 0 saturated carbocycles. The molecule has 0 spiro atoms. The first-order valence-electron chi connectivity index (χ1n) is 10.7. The van der Waals surface area contributed by atoms with Gasteiger partial charge in [-0.05, 0) is 49.4 Å². The number of nitrogens with zero attached hydrogens (tertiary/aromatic N) is 2. The summed E-state index contributed by atoms with van der Waals surface area (Å²) < 4.78 is 0. The predicted octanol–water partition coefficient (Wildman–Crippen LogP) is 3.79. The SMILES string of the molecule is Cc1ccc(N2CC(C(=O)Nc3cccc(N4C(=O)c5ccccc5C4=O)c3)CC2=O)cc1. The molecule has 0 aromatic heterocycles. The number of anilines is 3. The van der Waals surface area contributed by atoms with Gasteiger partial charge in [0.1, 0.15) is 0 Å². The largest absolute Gasteiger partial charge is 0.326 e. The van der Waals surface area contributed by atoms with Crippen molar-refractivity contribution in [1.29, 1.82) is 0 Å². The van der Waals surface area contributed by atoms with Crippen LogP contribution in [0.25, 0.3) is 0 Å². The smallest absolute Gasteiger partial charge is 0.266 e. The molecule has 2 aliphatic rings. The Morgan fingerprint density at radius 2 is 1.52 bits per heavy atom. The van der Waals surface area contributed by atoms with Crippen LogP contribution in [0.15, 0.2) is 72.8 Å². The van der Waals surface area contributed by atoms with Crippen LogP contribution in [0.5, 0.6) is 0 Å². The highest BCUT2D eigenvalue weighted by atomic mass is 16.2. The van der Waals surface area contributed by atoms with Gasteiger partial charge in [-0.2, -0.15) is 0 Å². The van der Waals surface area contributed by atoms with E-state index in [1.165, 1.54) is 0 Å². The Morgan fingerprint density at radius 3 is 2.18 bits per heavy atom. The van der Waals surface area contributed by atoms with Crippen LogP contribution in [0.2, 0.25) is 0 Å². The second-order valence-corrected chi connectivity index (χ2v) is 8.27. The minimum absolute atomic E-state index is 0.0984. The highest BCUT2D eigenvalue weighted by Crippen LogP contribution is 2.31. The summed E-state index contributed by atoms with van der Waals surface area (Å²) in [6.45, 7) is 2.27. The van der Waals surface area contributed by atoms with Crippen molar-refractivity contribution in [3.8, 4) is 0 Å². The Labute approximate surface area is 190 Å². The zero-order chi connectivity index (χ0) is 23.1. The minimum atomic E-state index is -0.498. The quantitative estimate of drug-likeness (QED) is 0.627. The van der Waals surface area contributed by atoms with Gasteiger partial charge in [0, 0.05) is 24.3 Å². The number of hydrogen-bond donors (Lipinski definition) is 1. The van der Waals surface area contributed by atoms with E-state index in [1.807, 2.05) is 31.2 Å². The number of imide groups is 1. The van der Waals surface area contributed by atoms with Crippen molar-refractivity contribution in [2.45, 2.75) is 13.3 Å². The maximum absolute atomic E-state index is 12.9. The van der Waals surface area contributed by atoms with Gasteiger partial charge >= 0.3 is 0 Å². The van der Waals surface area contributed by atoms with Gasteiger partial charge in [-0.25, -0.2) is 4.90 Å². The Morgan fingerprint density at radius 1 is 0.848 bits per heavy atom. The molecule has 2 aliphatic heterocycles. The molecule has 0 bridgehead atoms. The van der Waals surface area contributed by atoms with E-state index in [0.29, 0.717) is 29.0 Å². The Bertz CT molecular complexity index is 1260. The Balaban J connectivity index is 1.31. The third-order valence-corrected chi connectivity index (χ3v) is 6.01. The highest BCUT2D eigenvalue weighted by molar-refractivity contribution is 6.34. The number of hydrogen-bond acceptors (Lipinski definition) is 4. The standard InChI is InChI=1S/C26H21N3O4/c1-16-9-11-19(12-10-16)28-15-17(13-23(28)30)24(31)27-18-5-4-6-20(14-18)29-25(32)21-7-2-3-8-22(21)26(29)33/h2-12,14,17H,13,15H2,1H3,(H,27,31). The summed E-state index contributed by atoms with van der Waals surface area (Å²) >= 11 is 0. The van der Waals surface area contributed by atoms with Crippen LogP contribution in [0.3, 0.4) is 0 Å². The molecule has 7 nitrogen and oxygen atoms in total. The van der Waals surface area contributed by atoms with Crippen molar-refractivity contribution in [3.63, 3.8) is 0 Å². The van der Waals surface area contributed by atoms with Gasteiger partial charge in [-0.15, -0.1) is 0 Å². The molecule has 1 N–H and O–H groups in total. The summed E-state index contributed by atoms with van der Waals surface area (Å²) in [6.07, 6.45) is 0.123. The number of fused-ring (bicyclic) bond motifs is 1. The predicted molar refractivity (Wildman–Crippen MR) is 124 cm³/mol. The van der Waals surface area contributed by atoms with Crippen molar-refractivity contribution < 1.29 is 19.2 Å². The molecule has 1 saturated heterocycles. The lowest BCUT2D eigenvalue weighted by Gasteiger charge is -2.18. The van der Waals surface area contributed by atoms with Gasteiger partial charge in [0.25, 0.3) is 11.8 Å². The zero-order valence-electron chi connectivity index (χ0n) is 17.9. The summed E-state index contributed by atoms with van der Waals surface area (Å²) in [5.41, 5.74) is 3.42. The van der Waals surface area contributed by atoms with E-state index >= 15 is 0 Å². The molecule has 2 heterocycles. The summed E-state index contributed by atoms with van der Waals surface area (Å²) in [4.78, 5) is 53.6. The van der Waals surface area contributed by atoms with E-state index < -0.39 is 17.7 Å². The molecule has 1 fully saturated rings. The van der Waals surface area contributed by atoms with Crippen molar-refractivity contribution in [2.24, 2.45) is 5.92 Å². The van der Waals surface area contributed by atoms with Crippen LogP contribution in [-0.4, -0.2) is 30.2 Å². The lowest BCUT2D eigenvalue weighted by molar-refractivity contribution is -0.122. The number of nitrogens with one attached hydrogen (secondary N) is 1. The highest BCUT2D eigenvalue weighted by Gasteiger charge is 2.37. The fourth-order valence-corrected chi connectivity index (χ4v) is 4.25. The number of carbonyl (C=O) groups excluding carboxylic acids is 4. The van der Waals surface area contributed by atoms with Crippen LogP contribution < -0.4 is 15.1 Å². The van der Waals surface area contributed by atoms with E-state index in [2.05, 4.69) is 5.32 Å². The number of rotatable bonds is 4. The van der Waals surface area contributed by atoms with E-state index in [1.54, 1.807) is 53.4 Å². The van der Waals surface area contributed by atoms with Gasteiger partial charge < -0.3 is 10.2 Å². The molecule has 7 heteroatoms. The summed E-state index contributed by atoms with van der Waals surface area (Å²) in [5, 5.41) is 2.83. The van der Waals surface area contributed by atoms with Gasteiger partial charge in [0.15, 0.2) is 0 Å². The Kier molecular flexibility index (Phi) is 5.01.